The number of nitrogens with two attached hydrogens (primary N) is 1. The zero-order valence-electron chi connectivity index (χ0n) is 11.2. The van der Waals surface area contributed by atoms with E-state index in [0.29, 0.717) is 11.6 Å². The van der Waals surface area contributed by atoms with Gasteiger partial charge in [-0.05, 0) is 26.0 Å². The van der Waals surface area contributed by atoms with Gasteiger partial charge >= 0.3 is 0 Å². The summed E-state index contributed by atoms with van der Waals surface area (Å²) in [5.41, 5.74) is 9.94. The number of benzene rings is 1. The predicted octanol–water partition coefficient (Wildman–Crippen LogP) is 2.41. The van der Waals surface area contributed by atoms with E-state index in [9.17, 15) is 0 Å². The van der Waals surface area contributed by atoms with Gasteiger partial charge in [-0.1, -0.05) is 12.1 Å². The van der Waals surface area contributed by atoms with E-state index < -0.39 is 0 Å². The summed E-state index contributed by atoms with van der Waals surface area (Å²) in [6, 6.07) is 8.26. The molecule has 0 saturated carbocycles. The summed E-state index contributed by atoms with van der Waals surface area (Å²) in [6.45, 7) is 3.80. The van der Waals surface area contributed by atoms with Gasteiger partial charge in [-0.2, -0.15) is 0 Å². The molecule has 2 aromatic rings. The van der Waals surface area contributed by atoms with Crippen LogP contribution < -0.4 is 10.6 Å². The summed E-state index contributed by atoms with van der Waals surface area (Å²) < 4.78 is 0. The second-order valence-corrected chi connectivity index (χ2v) is 4.57. The second kappa shape index (κ2) is 4.64. The van der Waals surface area contributed by atoms with Crippen molar-refractivity contribution in [2.75, 3.05) is 24.7 Å². The highest BCUT2D eigenvalue weighted by atomic mass is 15.1. The molecule has 0 aliphatic rings. The molecule has 1 aromatic carbocycles. The Labute approximate surface area is 107 Å². The Bertz CT molecular complexity index is 559. The number of aryl methyl sites for hydroxylation is 1. The van der Waals surface area contributed by atoms with E-state index in [4.69, 9.17) is 5.73 Å². The molecule has 0 saturated heterocycles. The van der Waals surface area contributed by atoms with Gasteiger partial charge in [-0.3, -0.25) is 0 Å². The fourth-order valence-electron chi connectivity index (χ4n) is 1.85. The van der Waals surface area contributed by atoms with E-state index in [0.717, 1.165) is 22.5 Å². The summed E-state index contributed by atoms with van der Waals surface area (Å²) in [7, 11) is 4.04. The maximum Gasteiger partial charge on any atom is 0.130 e. The van der Waals surface area contributed by atoms with Crippen molar-refractivity contribution in [2.45, 2.75) is 13.8 Å². The smallest absolute Gasteiger partial charge is 0.130 e. The number of nitrogen functional groups attached to an aromatic ring is 1. The molecule has 0 aliphatic carbocycles. The van der Waals surface area contributed by atoms with E-state index in [-0.39, 0.29) is 0 Å². The van der Waals surface area contributed by atoms with Crippen LogP contribution in [0.2, 0.25) is 0 Å². The lowest BCUT2D eigenvalue weighted by atomic mass is 10.1. The molecule has 2 rings (SSSR count). The van der Waals surface area contributed by atoms with Gasteiger partial charge in [0, 0.05) is 30.9 Å². The lowest BCUT2D eigenvalue weighted by molar-refractivity contribution is 1.05. The van der Waals surface area contributed by atoms with Gasteiger partial charge in [0.15, 0.2) is 0 Å². The first-order chi connectivity index (χ1) is 8.49. The lowest BCUT2D eigenvalue weighted by Gasteiger charge is -2.13. The van der Waals surface area contributed by atoms with E-state index >= 15 is 0 Å². The highest BCUT2D eigenvalue weighted by Crippen LogP contribution is 2.25. The molecule has 0 aliphatic heterocycles. The lowest BCUT2D eigenvalue weighted by Crippen LogP contribution is -2.08. The Morgan fingerprint density at radius 2 is 1.61 bits per heavy atom. The maximum absolute atomic E-state index is 5.88. The minimum atomic E-state index is 0.550. The van der Waals surface area contributed by atoms with E-state index in [1.54, 1.807) is 0 Å². The molecular weight excluding hydrogens is 224 g/mol. The fraction of sp³-hybridized carbons (Fsp3) is 0.286. The molecule has 0 unspecified atom stereocenters. The molecule has 2 N–H and O–H groups in total. The summed E-state index contributed by atoms with van der Waals surface area (Å²) >= 11 is 0. The largest absolute Gasteiger partial charge is 0.383 e. The Morgan fingerprint density at radius 3 is 2.17 bits per heavy atom. The van der Waals surface area contributed by atoms with Crippen molar-refractivity contribution in [3.05, 3.63) is 35.7 Å². The van der Waals surface area contributed by atoms with Gasteiger partial charge < -0.3 is 10.6 Å². The van der Waals surface area contributed by atoms with Crippen molar-refractivity contribution in [1.82, 2.24) is 9.97 Å². The van der Waals surface area contributed by atoms with Gasteiger partial charge in [-0.25, -0.2) is 9.97 Å². The van der Waals surface area contributed by atoms with Crippen LogP contribution in [0.3, 0.4) is 0 Å². The quantitative estimate of drug-likeness (QED) is 0.878. The average molecular weight is 242 g/mol. The zero-order chi connectivity index (χ0) is 13.3. The maximum atomic E-state index is 5.88. The SMILES string of the molecule is Cc1nc(N)c(C)c(-c2ccc(N(C)C)cc2)n1. The third-order valence-corrected chi connectivity index (χ3v) is 2.95. The molecule has 94 valence electrons. The van der Waals surface area contributed by atoms with Crippen LogP contribution in [0.15, 0.2) is 24.3 Å². The summed E-state index contributed by atoms with van der Waals surface area (Å²) in [4.78, 5) is 10.7. The molecule has 1 aromatic heterocycles. The van der Waals surface area contributed by atoms with E-state index in [1.165, 1.54) is 0 Å². The van der Waals surface area contributed by atoms with Crippen LogP contribution in [0.4, 0.5) is 11.5 Å². The summed E-state index contributed by atoms with van der Waals surface area (Å²) in [5.74, 6) is 1.25. The molecule has 0 radical (unpaired) electrons. The third-order valence-electron chi connectivity index (χ3n) is 2.95. The van der Waals surface area contributed by atoms with Gasteiger partial charge in [-0.15, -0.1) is 0 Å². The van der Waals surface area contributed by atoms with Crippen molar-refractivity contribution in [2.24, 2.45) is 0 Å². The standard InChI is InChI=1S/C14H18N4/c1-9-13(16-10(2)17-14(9)15)11-5-7-12(8-6-11)18(3)4/h5-8H,1-4H3,(H2,15,16,17). The second-order valence-electron chi connectivity index (χ2n) is 4.57. The number of hydrogen-bond acceptors (Lipinski definition) is 4. The fourth-order valence-corrected chi connectivity index (χ4v) is 1.85. The highest BCUT2D eigenvalue weighted by molar-refractivity contribution is 5.69. The molecule has 4 heteroatoms. The molecular formula is C14H18N4. The van der Waals surface area contributed by atoms with Crippen molar-refractivity contribution in [1.29, 1.82) is 0 Å². The van der Waals surface area contributed by atoms with Crippen LogP contribution >= 0.6 is 0 Å². The Hall–Kier alpha value is -2.10. The van der Waals surface area contributed by atoms with Crippen LogP contribution in [-0.2, 0) is 0 Å². The number of hydrogen-bond donors (Lipinski definition) is 1. The van der Waals surface area contributed by atoms with Crippen molar-refractivity contribution in [3.8, 4) is 11.3 Å². The number of anilines is 2. The monoisotopic (exact) mass is 242 g/mol. The Balaban J connectivity index is 2.49. The highest BCUT2D eigenvalue weighted by Gasteiger charge is 2.09. The average Bonchev–Trinajstić information content (AvgIpc) is 2.34. The van der Waals surface area contributed by atoms with Crippen LogP contribution in [0.1, 0.15) is 11.4 Å². The first-order valence-electron chi connectivity index (χ1n) is 5.87. The minimum absolute atomic E-state index is 0.550. The van der Waals surface area contributed by atoms with Crippen molar-refractivity contribution in [3.63, 3.8) is 0 Å². The van der Waals surface area contributed by atoms with Crippen LogP contribution in [0, 0.1) is 13.8 Å². The molecule has 0 bridgehead atoms. The van der Waals surface area contributed by atoms with Gasteiger partial charge in [0.05, 0.1) is 5.69 Å². The van der Waals surface area contributed by atoms with Crippen LogP contribution in [-0.4, -0.2) is 24.1 Å². The molecule has 18 heavy (non-hydrogen) atoms. The topological polar surface area (TPSA) is 55.0 Å². The van der Waals surface area contributed by atoms with E-state index in [1.807, 2.05) is 27.9 Å². The number of aromatic nitrogens is 2. The Morgan fingerprint density at radius 1 is 1.00 bits per heavy atom. The van der Waals surface area contributed by atoms with Gasteiger partial charge in [0.2, 0.25) is 0 Å². The van der Waals surface area contributed by atoms with Crippen molar-refractivity contribution < 1.29 is 0 Å². The normalized spacial score (nSPS) is 10.4. The number of rotatable bonds is 2. The summed E-state index contributed by atoms with van der Waals surface area (Å²) in [6.07, 6.45) is 0. The third kappa shape index (κ3) is 2.27. The predicted molar refractivity (Wildman–Crippen MR) is 75.7 cm³/mol. The molecule has 0 atom stereocenters. The van der Waals surface area contributed by atoms with Gasteiger partial charge in [0.25, 0.3) is 0 Å². The first-order valence-corrected chi connectivity index (χ1v) is 5.87. The molecule has 1 heterocycles. The Kier molecular flexibility index (Phi) is 3.19. The molecule has 0 fully saturated rings. The van der Waals surface area contributed by atoms with Crippen LogP contribution in [0.5, 0.6) is 0 Å². The molecule has 4 nitrogen and oxygen atoms in total. The van der Waals surface area contributed by atoms with Crippen LogP contribution in [0.25, 0.3) is 11.3 Å². The first kappa shape index (κ1) is 12.4. The summed E-state index contributed by atoms with van der Waals surface area (Å²) in [5, 5.41) is 0. The molecule has 0 amide bonds. The zero-order valence-corrected chi connectivity index (χ0v) is 11.2. The number of nitrogens with zero attached hydrogens (tertiary/aromatic N) is 3. The van der Waals surface area contributed by atoms with Crippen molar-refractivity contribution >= 4 is 11.5 Å². The van der Waals surface area contributed by atoms with E-state index in [2.05, 4.69) is 39.1 Å². The van der Waals surface area contributed by atoms with Gasteiger partial charge in [0.1, 0.15) is 11.6 Å². The minimum Gasteiger partial charge on any atom is -0.383 e. The molecule has 0 spiro atoms.